The minimum atomic E-state index is -1.78. The van der Waals surface area contributed by atoms with E-state index in [0.29, 0.717) is 43.1 Å². The van der Waals surface area contributed by atoms with Crippen molar-refractivity contribution in [2.24, 2.45) is 5.16 Å². The Morgan fingerprint density at radius 1 is 0.857 bits per heavy atom. The van der Waals surface area contributed by atoms with Crippen LogP contribution in [-0.4, -0.2) is 39.8 Å². The van der Waals surface area contributed by atoms with Crippen molar-refractivity contribution in [3.05, 3.63) is 44.3 Å². The molecule has 1 aliphatic heterocycles. The molecule has 0 fully saturated rings. The summed E-state index contributed by atoms with van der Waals surface area (Å²) < 4.78 is 22.7. The molecule has 1 N–H and O–H groups in total. The normalized spacial score (nSPS) is 20.6. The fraction of sp³-hybridized carbons (Fsp3) is 0.316. The van der Waals surface area contributed by atoms with E-state index in [1.165, 1.54) is 20.4 Å². The summed E-state index contributed by atoms with van der Waals surface area (Å²) in [6.45, 7) is 0. The standard InChI is InChI=1S/C19H19Br2NO6/c1-24-15-5-10(13(20)7-17(15)26-3)12-9-22-28-19(12,23)11-6-16(25-2)18(27-4)8-14(11)21/h5-9,12,23H,1-4H3/t12-,19+/m1/s1. The predicted molar refractivity (Wildman–Crippen MR) is 111 cm³/mol. The zero-order valence-corrected chi connectivity index (χ0v) is 18.8. The number of nitrogens with zero attached hydrogens (tertiary/aromatic N) is 1. The third-order valence-electron chi connectivity index (χ3n) is 4.52. The van der Waals surface area contributed by atoms with E-state index in [4.69, 9.17) is 23.8 Å². The molecule has 0 bridgehead atoms. The van der Waals surface area contributed by atoms with Crippen LogP contribution in [0, 0.1) is 0 Å². The van der Waals surface area contributed by atoms with E-state index in [9.17, 15) is 5.11 Å². The largest absolute Gasteiger partial charge is 0.493 e. The molecule has 0 unspecified atom stereocenters. The van der Waals surface area contributed by atoms with E-state index >= 15 is 0 Å². The van der Waals surface area contributed by atoms with Crippen LogP contribution in [0.5, 0.6) is 23.0 Å². The smallest absolute Gasteiger partial charge is 0.274 e. The van der Waals surface area contributed by atoms with Crippen molar-refractivity contribution in [1.29, 1.82) is 0 Å². The molecule has 0 aromatic heterocycles. The van der Waals surface area contributed by atoms with Crippen LogP contribution >= 0.6 is 31.9 Å². The molecular weight excluding hydrogens is 498 g/mol. The number of benzene rings is 2. The number of halogens is 2. The first-order valence-corrected chi connectivity index (χ1v) is 9.75. The molecule has 1 aliphatic rings. The second kappa shape index (κ2) is 8.18. The Balaban J connectivity index is 2.14. The first kappa shape index (κ1) is 20.8. The Morgan fingerprint density at radius 2 is 1.36 bits per heavy atom. The SMILES string of the molecule is COc1cc(Br)c([C@H]2C=NO[C@@]2(O)c2cc(OC)c(OC)cc2Br)cc1OC. The van der Waals surface area contributed by atoms with Crippen molar-refractivity contribution in [2.45, 2.75) is 11.7 Å². The van der Waals surface area contributed by atoms with Gasteiger partial charge in [0.05, 0.1) is 40.6 Å². The average molecular weight is 517 g/mol. The van der Waals surface area contributed by atoms with Gasteiger partial charge in [-0.2, -0.15) is 0 Å². The Morgan fingerprint density at radius 3 is 1.93 bits per heavy atom. The summed E-state index contributed by atoms with van der Waals surface area (Å²) in [4.78, 5) is 5.44. The lowest BCUT2D eigenvalue weighted by Gasteiger charge is -2.29. The number of hydrogen-bond donors (Lipinski definition) is 1. The zero-order valence-electron chi connectivity index (χ0n) is 15.7. The van der Waals surface area contributed by atoms with Crippen LogP contribution in [0.15, 0.2) is 38.4 Å². The van der Waals surface area contributed by atoms with Crippen molar-refractivity contribution in [1.82, 2.24) is 0 Å². The summed E-state index contributed by atoms with van der Waals surface area (Å²) in [6, 6.07) is 6.89. The Kier molecular flexibility index (Phi) is 6.07. The van der Waals surface area contributed by atoms with Gasteiger partial charge in [-0.05, 0) is 29.8 Å². The predicted octanol–water partition coefficient (Wildman–Crippen LogP) is 4.19. The van der Waals surface area contributed by atoms with Gasteiger partial charge in [0.25, 0.3) is 5.79 Å². The van der Waals surface area contributed by atoms with Gasteiger partial charge in [0.2, 0.25) is 0 Å². The van der Waals surface area contributed by atoms with E-state index in [-0.39, 0.29) is 0 Å². The molecule has 2 aromatic rings. The highest BCUT2D eigenvalue weighted by atomic mass is 79.9. The van der Waals surface area contributed by atoms with E-state index in [1.807, 2.05) is 0 Å². The van der Waals surface area contributed by atoms with Crippen LogP contribution in [0.1, 0.15) is 17.0 Å². The Bertz CT molecular complexity index is 920. The first-order chi connectivity index (χ1) is 13.4. The average Bonchev–Trinajstić information content (AvgIpc) is 3.09. The molecule has 3 rings (SSSR count). The van der Waals surface area contributed by atoms with Crippen molar-refractivity contribution < 1.29 is 28.9 Å². The summed E-state index contributed by atoms with van der Waals surface area (Å²) in [7, 11) is 6.17. The minimum absolute atomic E-state index is 0.439. The molecule has 0 saturated heterocycles. The summed E-state index contributed by atoms with van der Waals surface area (Å²) >= 11 is 7.01. The van der Waals surface area contributed by atoms with Crippen LogP contribution in [0.4, 0.5) is 0 Å². The molecule has 28 heavy (non-hydrogen) atoms. The zero-order chi connectivity index (χ0) is 20.5. The van der Waals surface area contributed by atoms with Gasteiger partial charge in [0.1, 0.15) is 0 Å². The maximum atomic E-state index is 11.5. The van der Waals surface area contributed by atoms with Crippen LogP contribution in [0.3, 0.4) is 0 Å². The van der Waals surface area contributed by atoms with Gasteiger partial charge < -0.3 is 28.9 Å². The highest BCUT2D eigenvalue weighted by Crippen LogP contribution is 2.49. The van der Waals surface area contributed by atoms with Crippen LogP contribution < -0.4 is 18.9 Å². The number of rotatable bonds is 6. The molecule has 150 valence electrons. The number of aliphatic hydroxyl groups is 1. The van der Waals surface area contributed by atoms with E-state index in [2.05, 4.69) is 37.0 Å². The lowest BCUT2D eigenvalue weighted by Crippen LogP contribution is -2.33. The Hall–Kier alpha value is -1.97. The maximum absolute atomic E-state index is 11.5. The topological polar surface area (TPSA) is 78.7 Å². The van der Waals surface area contributed by atoms with Gasteiger partial charge >= 0.3 is 0 Å². The summed E-state index contributed by atoms with van der Waals surface area (Å²) in [6.07, 6.45) is 1.54. The lowest BCUT2D eigenvalue weighted by atomic mass is 9.86. The number of ether oxygens (including phenoxy) is 4. The van der Waals surface area contributed by atoms with Gasteiger partial charge in [0, 0.05) is 14.5 Å². The summed E-state index contributed by atoms with van der Waals surface area (Å²) in [5.41, 5.74) is 1.15. The molecule has 9 heteroatoms. The molecule has 7 nitrogen and oxygen atoms in total. The first-order valence-electron chi connectivity index (χ1n) is 8.17. The minimum Gasteiger partial charge on any atom is -0.493 e. The molecule has 0 spiro atoms. The molecule has 0 saturated carbocycles. The van der Waals surface area contributed by atoms with Crippen LogP contribution in [-0.2, 0) is 10.6 Å². The molecular formula is C19H19Br2NO6. The fourth-order valence-electron chi connectivity index (χ4n) is 3.07. The number of hydrogen-bond acceptors (Lipinski definition) is 7. The van der Waals surface area contributed by atoms with Crippen molar-refractivity contribution in [3.8, 4) is 23.0 Å². The van der Waals surface area contributed by atoms with Gasteiger partial charge in [-0.1, -0.05) is 37.0 Å². The van der Waals surface area contributed by atoms with Gasteiger partial charge in [0.15, 0.2) is 23.0 Å². The third kappa shape index (κ3) is 3.42. The maximum Gasteiger partial charge on any atom is 0.274 e. The summed E-state index contributed by atoms with van der Waals surface area (Å²) in [5.74, 6) is -0.351. The molecule has 2 atom stereocenters. The molecule has 0 aliphatic carbocycles. The molecule has 0 amide bonds. The fourth-order valence-corrected chi connectivity index (χ4v) is 4.25. The molecule has 1 heterocycles. The number of methoxy groups -OCH3 is 4. The van der Waals surface area contributed by atoms with Gasteiger partial charge in [-0.15, -0.1) is 0 Å². The van der Waals surface area contributed by atoms with Crippen molar-refractivity contribution in [2.75, 3.05) is 28.4 Å². The Labute approximate surface area is 179 Å². The monoisotopic (exact) mass is 515 g/mol. The van der Waals surface area contributed by atoms with Crippen LogP contribution in [0.25, 0.3) is 0 Å². The van der Waals surface area contributed by atoms with Crippen molar-refractivity contribution in [3.63, 3.8) is 0 Å². The molecule has 2 aromatic carbocycles. The van der Waals surface area contributed by atoms with E-state index < -0.39 is 11.7 Å². The van der Waals surface area contributed by atoms with Gasteiger partial charge in [-0.3, -0.25) is 0 Å². The second-order valence-corrected chi connectivity index (χ2v) is 7.64. The van der Waals surface area contributed by atoms with Crippen molar-refractivity contribution >= 4 is 38.1 Å². The highest BCUT2D eigenvalue weighted by molar-refractivity contribution is 9.10. The number of oxime groups is 1. The van der Waals surface area contributed by atoms with E-state index in [1.54, 1.807) is 38.5 Å². The second-order valence-electron chi connectivity index (χ2n) is 5.94. The summed E-state index contributed by atoms with van der Waals surface area (Å²) in [5, 5.41) is 15.4. The van der Waals surface area contributed by atoms with Gasteiger partial charge in [-0.25, -0.2) is 0 Å². The highest BCUT2D eigenvalue weighted by Gasteiger charge is 2.48. The molecule has 0 radical (unpaired) electrons. The van der Waals surface area contributed by atoms with E-state index in [0.717, 1.165) is 0 Å². The third-order valence-corrected chi connectivity index (χ3v) is 5.86. The quantitative estimate of drug-likeness (QED) is 0.620. The van der Waals surface area contributed by atoms with Crippen LogP contribution in [0.2, 0.25) is 0 Å². The lowest BCUT2D eigenvalue weighted by molar-refractivity contribution is -0.203.